The summed E-state index contributed by atoms with van der Waals surface area (Å²) in [5.41, 5.74) is 0.910. The van der Waals surface area contributed by atoms with E-state index in [-0.39, 0.29) is 5.78 Å². The van der Waals surface area contributed by atoms with E-state index in [0.717, 1.165) is 5.56 Å². The number of carbonyl (C=O) groups excluding carboxylic acids is 1. The molecule has 0 aromatic heterocycles. The van der Waals surface area contributed by atoms with E-state index in [9.17, 15) is 4.79 Å². The van der Waals surface area contributed by atoms with Crippen molar-refractivity contribution in [3.8, 4) is 0 Å². The molecule has 1 nitrogen and oxygen atoms in total. The lowest BCUT2D eigenvalue weighted by atomic mass is 10.1. The molecule has 0 amide bonds. The Labute approximate surface area is 68.5 Å². The molecule has 0 unspecified atom stereocenters. The van der Waals surface area contributed by atoms with Crippen LogP contribution in [-0.4, -0.2) is 5.78 Å². The van der Waals surface area contributed by atoms with E-state index in [1.165, 1.54) is 6.92 Å². The van der Waals surface area contributed by atoms with E-state index < -0.39 is 6.40 Å². The maximum Gasteiger partial charge on any atom is 0.130 e. The van der Waals surface area contributed by atoms with Crippen molar-refractivity contribution in [3.05, 3.63) is 35.9 Å². The van der Waals surface area contributed by atoms with Gasteiger partial charge in [0.1, 0.15) is 5.78 Å². The molecule has 1 aromatic rings. The number of Topliss-reactive ketones (excluding diaryl/α,β-unsaturated/α-hetero) is 1. The summed E-state index contributed by atoms with van der Waals surface area (Å²) in [5.74, 6) is 0.0684. The van der Waals surface area contributed by atoms with Crippen LogP contribution in [0.1, 0.15) is 20.3 Å². The molecule has 0 radical (unpaired) electrons. The van der Waals surface area contributed by atoms with Gasteiger partial charge in [-0.3, -0.25) is 0 Å². The molecule has 0 bridgehead atoms. The summed E-state index contributed by atoms with van der Waals surface area (Å²) >= 11 is 0. The molecule has 1 rings (SSSR count). The van der Waals surface area contributed by atoms with Crippen LogP contribution < -0.4 is 0 Å². The van der Waals surface area contributed by atoms with Gasteiger partial charge < -0.3 is 4.79 Å². The Morgan fingerprint density at radius 1 is 1.45 bits per heavy atom. The molecular formula is C10H12O. The minimum atomic E-state index is -0.399. The zero-order valence-electron chi connectivity index (χ0n) is 7.58. The summed E-state index contributed by atoms with van der Waals surface area (Å²) in [6, 6.07) is 9.43. The summed E-state index contributed by atoms with van der Waals surface area (Å²) in [6.45, 7) is 1.52. The highest BCUT2D eigenvalue weighted by molar-refractivity contribution is 5.75. The predicted molar refractivity (Wildman–Crippen MR) is 45.4 cm³/mol. The van der Waals surface area contributed by atoms with Crippen molar-refractivity contribution in [1.82, 2.24) is 0 Å². The molecule has 11 heavy (non-hydrogen) atoms. The Kier molecular flexibility index (Phi) is 2.35. The van der Waals surface area contributed by atoms with Crippen molar-refractivity contribution in [2.45, 2.75) is 19.7 Å². The summed E-state index contributed by atoms with van der Waals surface area (Å²) in [5, 5.41) is 0. The van der Waals surface area contributed by atoms with Crippen molar-refractivity contribution < 1.29 is 6.17 Å². The van der Waals surface area contributed by atoms with Gasteiger partial charge in [0.05, 0.1) is 0 Å². The molecule has 0 saturated heterocycles. The first-order valence-corrected chi connectivity index (χ1v) is 3.67. The Morgan fingerprint density at radius 3 is 2.64 bits per heavy atom. The van der Waals surface area contributed by atoms with Crippen LogP contribution in [-0.2, 0) is 11.2 Å². The molecule has 0 aliphatic carbocycles. The third-order valence-electron chi connectivity index (χ3n) is 1.42. The fourth-order valence-corrected chi connectivity index (χ4v) is 0.851. The van der Waals surface area contributed by atoms with Crippen molar-refractivity contribution >= 4 is 5.78 Å². The van der Waals surface area contributed by atoms with Crippen LogP contribution in [0.3, 0.4) is 0 Å². The SMILES string of the molecule is [2H][C@@H](CC(C)=O)c1ccccc1. The van der Waals surface area contributed by atoms with Crippen molar-refractivity contribution in [1.29, 1.82) is 0 Å². The average molecular weight is 149 g/mol. The normalized spacial score (nSPS) is 13.7. The van der Waals surface area contributed by atoms with Gasteiger partial charge in [0.15, 0.2) is 0 Å². The lowest BCUT2D eigenvalue weighted by Gasteiger charge is -1.96. The highest BCUT2D eigenvalue weighted by Crippen LogP contribution is 2.01. The highest BCUT2D eigenvalue weighted by Gasteiger charge is 1.94. The minimum absolute atomic E-state index is 0.0684. The van der Waals surface area contributed by atoms with Gasteiger partial charge in [0.25, 0.3) is 0 Å². The summed E-state index contributed by atoms with van der Waals surface area (Å²) in [6.07, 6.45) is -0.0898. The van der Waals surface area contributed by atoms with Gasteiger partial charge in [-0.2, -0.15) is 0 Å². The Morgan fingerprint density at radius 2 is 2.09 bits per heavy atom. The molecule has 1 atom stereocenters. The first-order valence-electron chi connectivity index (χ1n) is 4.24. The number of ketones is 1. The number of benzene rings is 1. The van der Waals surface area contributed by atoms with Gasteiger partial charge in [-0.25, -0.2) is 0 Å². The average Bonchev–Trinajstić information content (AvgIpc) is 2.05. The summed E-state index contributed by atoms with van der Waals surface area (Å²) in [7, 11) is 0. The van der Waals surface area contributed by atoms with Gasteiger partial charge in [-0.15, -0.1) is 0 Å². The summed E-state index contributed by atoms with van der Waals surface area (Å²) in [4.78, 5) is 10.7. The number of hydrogen-bond donors (Lipinski definition) is 0. The highest BCUT2D eigenvalue weighted by atomic mass is 16.1. The maximum atomic E-state index is 10.7. The molecular weight excluding hydrogens is 136 g/mol. The van der Waals surface area contributed by atoms with Crippen LogP contribution in [0.5, 0.6) is 0 Å². The van der Waals surface area contributed by atoms with Crippen LogP contribution in [0, 0.1) is 0 Å². The molecule has 0 aliphatic rings. The molecule has 0 spiro atoms. The predicted octanol–water partition coefficient (Wildman–Crippen LogP) is 2.21. The van der Waals surface area contributed by atoms with E-state index >= 15 is 0 Å². The fourth-order valence-electron chi connectivity index (χ4n) is 0.851. The third-order valence-corrected chi connectivity index (χ3v) is 1.42. The molecule has 1 aromatic carbocycles. The van der Waals surface area contributed by atoms with Crippen molar-refractivity contribution in [2.24, 2.45) is 0 Å². The van der Waals surface area contributed by atoms with Crippen LogP contribution >= 0.6 is 0 Å². The Balaban J connectivity index is 2.65. The maximum absolute atomic E-state index is 10.7. The second-order valence-corrected chi connectivity index (χ2v) is 2.52. The van der Waals surface area contributed by atoms with E-state index in [1.807, 2.05) is 30.3 Å². The van der Waals surface area contributed by atoms with Crippen LogP contribution in [0.2, 0.25) is 0 Å². The molecule has 0 saturated carbocycles. The number of hydrogen-bond acceptors (Lipinski definition) is 1. The van der Waals surface area contributed by atoms with E-state index in [1.54, 1.807) is 0 Å². The first kappa shape index (κ1) is 6.59. The largest absolute Gasteiger partial charge is 0.300 e. The molecule has 0 fully saturated rings. The van der Waals surface area contributed by atoms with E-state index in [4.69, 9.17) is 1.37 Å². The number of carbonyl (C=O) groups is 1. The molecule has 58 valence electrons. The van der Waals surface area contributed by atoms with Gasteiger partial charge in [0.2, 0.25) is 0 Å². The second-order valence-electron chi connectivity index (χ2n) is 2.52. The van der Waals surface area contributed by atoms with E-state index in [2.05, 4.69) is 0 Å². The monoisotopic (exact) mass is 149 g/mol. The molecule has 0 heterocycles. The zero-order valence-corrected chi connectivity index (χ0v) is 6.58. The quantitative estimate of drug-likeness (QED) is 0.644. The minimum Gasteiger partial charge on any atom is -0.300 e. The summed E-state index contributed by atoms with van der Waals surface area (Å²) < 4.78 is 7.62. The van der Waals surface area contributed by atoms with E-state index in [0.29, 0.717) is 6.42 Å². The first-order chi connectivity index (χ1) is 5.70. The lowest BCUT2D eigenvalue weighted by Crippen LogP contribution is -1.92. The standard InChI is InChI=1S/C10H12O/c1-9(11)7-8-10-5-3-2-4-6-10/h2-6H,7-8H2,1H3/i8D/t8-/m0/s1. The van der Waals surface area contributed by atoms with Gasteiger partial charge in [-0.05, 0) is 18.9 Å². The van der Waals surface area contributed by atoms with Crippen LogP contribution in [0.4, 0.5) is 0 Å². The second kappa shape index (κ2) is 3.91. The lowest BCUT2D eigenvalue weighted by molar-refractivity contribution is -0.116. The Bertz CT molecular complexity index is 256. The van der Waals surface area contributed by atoms with Gasteiger partial charge in [0, 0.05) is 7.79 Å². The Hall–Kier alpha value is -1.11. The number of rotatable bonds is 3. The van der Waals surface area contributed by atoms with Crippen LogP contribution in [0.25, 0.3) is 0 Å². The van der Waals surface area contributed by atoms with Crippen LogP contribution in [0.15, 0.2) is 30.3 Å². The fraction of sp³-hybridized carbons (Fsp3) is 0.300. The topological polar surface area (TPSA) is 17.1 Å². The number of aryl methyl sites for hydroxylation is 1. The van der Waals surface area contributed by atoms with Gasteiger partial charge >= 0.3 is 0 Å². The molecule has 0 N–H and O–H groups in total. The molecule has 1 heteroatoms. The van der Waals surface area contributed by atoms with Crippen molar-refractivity contribution in [2.75, 3.05) is 0 Å². The molecule has 0 aliphatic heterocycles. The van der Waals surface area contributed by atoms with Crippen molar-refractivity contribution in [3.63, 3.8) is 0 Å². The zero-order chi connectivity index (χ0) is 8.97. The third kappa shape index (κ3) is 2.99. The van der Waals surface area contributed by atoms with Gasteiger partial charge in [-0.1, -0.05) is 30.3 Å². The smallest absolute Gasteiger partial charge is 0.130 e.